The summed E-state index contributed by atoms with van der Waals surface area (Å²) < 4.78 is 18.9. The number of aromatic nitrogens is 1. The van der Waals surface area contributed by atoms with Gasteiger partial charge in [0.15, 0.2) is 0 Å². The van der Waals surface area contributed by atoms with Crippen molar-refractivity contribution in [2.24, 2.45) is 0 Å². The first kappa shape index (κ1) is 20.1. The molecule has 5 nitrogen and oxygen atoms in total. The average molecular weight is 408 g/mol. The number of anilines is 1. The summed E-state index contributed by atoms with van der Waals surface area (Å²) in [5, 5.41) is 11.7. The standard InChI is InChI=1S/C22H15ClFN3O2/c23-20-12-18(3-6-21(20)24)27-22(28)17(13-25)11-15-1-4-19(5-2-15)29-14-16-7-9-26-10-8-16/h1-12H,14H2,(H,27,28). The van der Waals surface area contributed by atoms with Crippen LogP contribution in [0, 0.1) is 17.1 Å². The molecule has 0 radical (unpaired) electrons. The third-order valence-corrected chi connectivity index (χ3v) is 4.18. The Labute approximate surface area is 172 Å². The van der Waals surface area contributed by atoms with Gasteiger partial charge in [-0.15, -0.1) is 0 Å². The molecule has 0 aliphatic heterocycles. The summed E-state index contributed by atoms with van der Waals surface area (Å²) in [6, 6.07) is 16.3. The first-order valence-corrected chi connectivity index (χ1v) is 8.93. The Morgan fingerprint density at radius 3 is 2.55 bits per heavy atom. The van der Waals surface area contributed by atoms with Crippen LogP contribution < -0.4 is 10.1 Å². The molecule has 0 bridgehead atoms. The summed E-state index contributed by atoms with van der Waals surface area (Å²) in [5.41, 5.74) is 1.84. The maximum atomic E-state index is 13.2. The summed E-state index contributed by atoms with van der Waals surface area (Å²) in [4.78, 5) is 16.3. The van der Waals surface area contributed by atoms with Crippen molar-refractivity contribution in [1.29, 1.82) is 5.26 Å². The van der Waals surface area contributed by atoms with Crippen LogP contribution in [0.3, 0.4) is 0 Å². The Hall–Kier alpha value is -3.69. The van der Waals surface area contributed by atoms with Crippen LogP contribution in [0.25, 0.3) is 6.08 Å². The topological polar surface area (TPSA) is 75.0 Å². The van der Waals surface area contributed by atoms with E-state index in [0.717, 1.165) is 11.6 Å². The second-order valence-corrected chi connectivity index (χ2v) is 6.37. The molecule has 0 unspecified atom stereocenters. The first-order chi connectivity index (χ1) is 14.0. The summed E-state index contributed by atoms with van der Waals surface area (Å²) in [7, 11) is 0. The molecule has 3 aromatic rings. The molecule has 1 N–H and O–H groups in total. The number of nitrogens with one attached hydrogen (secondary N) is 1. The fourth-order valence-electron chi connectivity index (χ4n) is 2.39. The lowest BCUT2D eigenvalue weighted by atomic mass is 10.1. The van der Waals surface area contributed by atoms with Crippen LogP contribution in [-0.2, 0) is 11.4 Å². The van der Waals surface area contributed by atoms with Crippen molar-refractivity contribution in [3.63, 3.8) is 0 Å². The maximum Gasteiger partial charge on any atom is 0.266 e. The first-order valence-electron chi connectivity index (χ1n) is 8.55. The van der Waals surface area contributed by atoms with Crippen molar-refractivity contribution in [3.8, 4) is 11.8 Å². The van der Waals surface area contributed by atoms with Gasteiger partial charge in [0.25, 0.3) is 5.91 Å². The summed E-state index contributed by atoms with van der Waals surface area (Å²) in [6.07, 6.45) is 4.84. The van der Waals surface area contributed by atoms with E-state index in [1.165, 1.54) is 18.2 Å². The zero-order valence-electron chi connectivity index (χ0n) is 15.1. The van der Waals surface area contributed by atoms with Crippen LogP contribution in [-0.4, -0.2) is 10.9 Å². The molecule has 7 heteroatoms. The van der Waals surface area contributed by atoms with E-state index in [1.54, 1.807) is 36.7 Å². The number of nitrogens with zero attached hydrogens (tertiary/aromatic N) is 2. The van der Waals surface area contributed by atoms with Crippen LogP contribution >= 0.6 is 11.6 Å². The van der Waals surface area contributed by atoms with Gasteiger partial charge in [0.05, 0.1) is 5.02 Å². The molecule has 0 aliphatic rings. The highest BCUT2D eigenvalue weighted by molar-refractivity contribution is 6.31. The number of amides is 1. The van der Waals surface area contributed by atoms with Crippen molar-refractivity contribution in [2.75, 3.05) is 5.32 Å². The zero-order chi connectivity index (χ0) is 20.6. The highest BCUT2D eigenvalue weighted by atomic mass is 35.5. The number of benzene rings is 2. The number of hydrogen-bond acceptors (Lipinski definition) is 4. The number of rotatable bonds is 6. The van der Waals surface area contributed by atoms with Gasteiger partial charge in [0.2, 0.25) is 0 Å². The molecule has 2 aromatic carbocycles. The number of hydrogen-bond donors (Lipinski definition) is 1. The van der Waals surface area contributed by atoms with Crippen molar-refractivity contribution < 1.29 is 13.9 Å². The fourth-order valence-corrected chi connectivity index (χ4v) is 2.57. The molecule has 0 spiro atoms. The molecule has 1 aromatic heterocycles. The minimum atomic E-state index is -0.617. The Kier molecular flexibility index (Phi) is 6.56. The summed E-state index contributed by atoms with van der Waals surface area (Å²) in [5.74, 6) is -0.553. The van der Waals surface area contributed by atoms with Gasteiger partial charge in [0.1, 0.15) is 29.8 Å². The molecule has 0 fully saturated rings. The highest BCUT2D eigenvalue weighted by Crippen LogP contribution is 2.20. The smallest absolute Gasteiger partial charge is 0.266 e. The van der Waals surface area contributed by atoms with E-state index in [4.69, 9.17) is 16.3 Å². The molecule has 0 atom stereocenters. The predicted molar refractivity (Wildman–Crippen MR) is 109 cm³/mol. The minimum absolute atomic E-state index is 0.101. The summed E-state index contributed by atoms with van der Waals surface area (Å²) in [6.45, 7) is 0.407. The highest BCUT2D eigenvalue weighted by Gasteiger charge is 2.11. The number of halogens is 2. The van der Waals surface area contributed by atoms with Gasteiger partial charge < -0.3 is 10.1 Å². The Morgan fingerprint density at radius 2 is 1.90 bits per heavy atom. The SMILES string of the molecule is N#CC(=Cc1ccc(OCc2ccncc2)cc1)C(=O)Nc1ccc(F)c(Cl)c1. The second kappa shape index (κ2) is 9.49. The van der Waals surface area contributed by atoms with Gasteiger partial charge in [-0.1, -0.05) is 23.7 Å². The third-order valence-electron chi connectivity index (χ3n) is 3.89. The van der Waals surface area contributed by atoms with E-state index in [9.17, 15) is 14.4 Å². The van der Waals surface area contributed by atoms with Crippen LogP contribution in [0.15, 0.2) is 72.6 Å². The molecular weight excluding hydrogens is 393 g/mol. The molecule has 144 valence electrons. The fraction of sp³-hybridized carbons (Fsp3) is 0.0455. The molecule has 3 rings (SSSR count). The van der Waals surface area contributed by atoms with Crippen LogP contribution in [0.4, 0.5) is 10.1 Å². The van der Waals surface area contributed by atoms with E-state index in [-0.39, 0.29) is 10.6 Å². The van der Waals surface area contributed by atoms with Crippen molar-refractivity contribution in [1.82, 2.24) is 4.98 Å². The van der Waals surface area contributed by atoms with Crippen LogP contribution in [0.1, 0.15) is 11.1 Å². The van der Waals surface area contributed by atoms with Gasteiger partial charge in [-0.2, -0.15) is 5.26 Å². The largest absolute Gasteiger partial charge is 0.489 e. The zero-order valence-corrected chi connectivity index (χ0v) is 15.9. The number of carbonyl (C=O) groups is 1. The van der Waals surface area contributed by atoms with Gasteiger partial charge >= 0.3 is 0 Å². The van der Waals surface area contributed by atoms with E-state index >= 15 is 0 Å². The quantitative estimate of drug-likeness (QED) is 0.461. The van der Waals surface area contributed by atoms with Crippen molar-refractivity contribution in [2.45, 2.75) is 6.61 Å². The number of pyridine rings is 1. The molecular formula is C22H15ClFN3O2. The molecule has 0 saturated carbocycles. The van der Waals surface area contributed by atoms with E-state index in [0.29, 0.717) is 23.6 Å². The van der Waals surface area contributed by atoms with E-state index < -0.39 is 11.7 Å². The third kappa shape index (κ3) is 5.64. The lowest BCUT2D eigenvalue weighted by Gasteiger charge is -2.07. The lowest BCUT2D eigenvalue weighted by molar-refractivity contribution is -0.112. The Bertz CT molecular complexity index is 1080. The van der Waals surface area contributed by atoms with E-state index in [2.05, 4.69) is 10.3 Å². The molecule has 29 heavy (non-hydrogen) atoms. The predicted octanol–water partition coefficient (Wildman–Crippen LogP) is 5.00. The summed E-state index contributed by atoms with van der Waals surface area (Å²) >= 11 is 5.70. The maximum absolute atomic E-state index is 13.2. The van der Waals surface area contributed by atoms with Crippen LogP contribution in [0.5, 0.6) is 5.75 Å². The van der Waals surface area contributed by atoms with Gasteiger partial charge in [-0.05, 0) is 59.7 Å². The Balaban J connectivity index is 1.65. The molecule has 1 heterocycles. The number of ether oxygens (including phenoxy) is 1. The molecule has 0 saturated heterocycles. The van der Waals surface area contributed by atoms with Crippen molar-refractivity contribution >= 4 is 29.3 Å². The van der Waals surface area contributed by atoms with Gasteiger partial charge in [-0.3, -0.25) is 9.78 Å². The van der Waals surface area contributed by atoms with Gasteiger partial charge in [-0.25, -0.2) is 4.39 Å². The number of carbonyl (C=O) groups excluding carboxylic acids is 1. The molecule has 0 aliphatic carbocycles. The minimum Gasteiger partial charge on any atom is -0.489 e. The monoisotopic (exact) mass is 407 g/mol. The van der Waals surface area contributed by atoms with Gasteiger partial charge in [0, 0.05) is 18.1 Å². The van der Waals surface area contributed by atoms with Crippen LogP contribution in [0.2, 0.25) is 5.02 Å². The number of nitriles is 1. The second-order valence-electron chi connectivity index (χ2n) is 5.97. The lowest BCUT2D eigenvalue weighted by Crippen LogP contribution is -2.13. The Morgan fingerprint density at radius 1 is 1.17 bits per heavy atom. The normalized spacial score (nSPS) is 10.9. The average Bonchev–Trinajstić information content (AvgIpc) is 2.74. The van der Waals surface area contributed by atoms with Crippen molar-refractivity contribution in [3.05, 3.63) is 94.5 Å². The molecule has 1 amide bonds. The van der Waals surface area contributed by atoms with E-state index in [1.807, 2.05) is 18.2 Å².